The highest BCUT2D eigenvalue weighted by Crippen LogP contribution is 2.21. The van der Waals surface area contributed by atoms with Crippen molar-refractivity contribution in [1.82, 2.24) is 9.88 Å². The molecule has 3 N–H and O–H groups in total. The predicted molar refractivity (Wildman–Crippen MR) is 74.8 cm³/mol. The summed E-state index contributed by atoms with van der Waals surface area (Å²) >= 11 is 0. The number of anilines is 2. The van der Waals surface area contributed by atoms with E-state index in [0.29, 0.717) is 29.3 Å². The number of aromatic nitrogens is 1. The summed E-state index contributed by atoms with van der Waals surface area (Å²) in [5.41, 5.74) is 7.62. The lowest BCUT2D eigenvalue weighted by atomic mass is 10.3. The highest BCUT2D eigenvalue weighted by Gasteiger charge is 2.18. The van der Waals surface area contributed by atoms with Gasteiger partial charge >= 0.3 is 0 Å². The Labute approximate surface area is 111 Å². The van der Waals surface area contributed by atoms with Gasteiger partial charge in [-0.1, -0.05) is 0 Å². The molecule has 0 spiro atoms. The van der Waals surface area contributed by atoms with Crippen LogP contribution in [0.1, 0.15) is 13.8 Å². The van der Waals surface area contributed by atoms with Crippen LogP contribution in [0.3, 0.4) is 0 Å². The van der Waals surface area contributed by atoms with Crippen LogP contribution in [0.25, 0.3) is 11.1 Å². The van der Waals surface area contributed by atoms with Crippen LogP contribution < -0.4 is 11.1 Å². The highest BCUT2D eigenvalue weighted by molar-refractivity contribution is 5.84. The number of likely N-dealkylation sites (N-methyl/N-ethyl adjacent to an activating group) is 1. The number of fused-ring (bicyclic) bond motifs is 1. The van der Waals surface area contributed by atoms with Crippen LogP contribution in [-0.4, -0.2) is 35.4 Å². The molecule has 6 nitrogen and oxygen atoms in total. The summed E-state index contributed by atoms with van der Waals surface area (Å²) in [5.74, 6) is -0.00994. The van der Waals surface area contributed by atoms with Crippen molar-refractivity contribution in [3.05, 3.63) is 18.2 Å². The van der Waals surface area contributed by atoms with Gasteiger partial charge < -0.3 is 20.4 Å². The molecule has 0 bridgehead atoms. The van der Waals surface area contributed by atoms with E-state index in [9.17, 15) is 4.79 Å². The third kappa shape index (κ3) is 2.78. The smallest absolute Gasteiger partial charge is 0.296 e. The maximum atomic E-state index is 11.9. The molecule has 1 aromatic heterocycles. The molecule has 2 rings (SSSR count). The van der Waals surface area contributed by atoms with E-state index < -0.39 is 6.04 Å². The maximum Gasteiger partial charge on any atom is 0.296 e. The van der Waals surface area contributed by atoms with Crippen molar-refractivity contribution in [3.63, 3.8) is 0 Å². The summed E-state index contributed by atoms with van der Waals surface area (Å²) in [6.07, 6.45) is 0. The fourth-order valence-electron chi connectivity index (χ4n) is 1.74. The molecular weight excluding hydrogens is 244 g/mol. The number of nitrogen functional groups attached to an aromatic ring is 1. The van der Waals surface area contributed by atoms with Crippen LogP contribution in [0.4, 0.5) is 11.7 Å². The standard InChI is InChI=1S/C13H18N4O2/c1-4-17(3)12(18)8(2)15-13-16-10-7-9(14)5-6-11(10)19-13/h5-8H,4,14H2,1-3H3,(H,15,16). The van der Waals surface area contributed by atoms with Gasteiger partial charge in [0.2, 0.25) is 5.91 Å². The Bertz CT molecular complexity index is 593. The fraction of sp³-hybridized carbons (Fsp3) is 0.385. The Morgan fingerprint density at radius 1 is 1.58 bits per heavy atom. The average molecular weight is 262 g/mol. The molecule has 1 aromatic carbocycles. The van der Waals surface area contributed by atoms with Gasteiger partial charge in [-0.05, 0) is 32.0 Å². The van der Waals surface area contributed by atoms with Crippen molar-refractivity contribution >= 4 is 28.7 Å². The zero-order valence-electron chi connectivity index (χ0n) is 11.3. The monoisotopic (exact) mass is 262 g/mol. The zero-order chi connectivity index (χ0) is 14.0. The number of amides is 1. The Morgan fingerprint density at radius 2 is 2.32 bits per heavy atom. The van der Waals surface area contributed by atoms with Gasteiger partial charge in [-0.2, -0.15) is 4.98 Å². The van der Waals surface area contributed by atoms with Crippen molar-refractivity contribution in [2.45, 2.75) is 19.9 Å². The van der Waals surface area contributed by atoms with Crippen LogP contribution in [0, 0.1) is 0 Å². The largest absolute Gasteiger partial charge is 0.424 e. The molecule has 2 aromatic rings. The first-order valence-electron chi connectivity index (χ1n) is 6.19. The topological polar surface area (TPSA) is 84.4 Å². The number of hydrogen-bond donors (Lipinski definition) is 2. The molecule has 0 aliphatic heterocycles. The van der Waals surface area contributed by atoms with Crippen molar-refractivity contribution in [2.24, 2.45) is 0 Å². The SMILES string of the molecule is CCN(C)C(=O)C(C)Nc1nc2cc(N)ccc2o1. The average Bonchev–Trinajstić information content (AvgIpc) is 2.77. The number of nitrogens with two attached hydrogens (primary N) is 1. The second-order valence-electron chi connectivity index (χ2n) is 4.46. The van der Waals surface area contributed by atoms with E-state index in [0.717, 1.165) is 0 Å². The molecule has 0 radical (unpaired) electrons. The first-order chi connectivity index (χ1) is 9.01. The summed E-state index contributed by atoms with van der Waals surface area (Å²) in [7, 11) is 1.76. The Morgan fingerprint density at radius 3 is 3.00 bits per heavy atom. The van der Waals surface area contributed by atoms with E-state index in [2.05, 4.69) is 10.3 Å². The van der Waals surface area contributed by atoms with Gasteiger partial charge in [0.1, 0.15) is 11.6 Å². The third-order valence-corrected chi connectivity index (χ3v) is 2.97. The predicted octanol–water partition coefficient (Wildman–Crippen LogP) is 1.69. The molecule has 19 heavy (non-hydrogen) atoms. The lowest BCUT2D eigenvalue weighted by molar-refractivity contribution is -0.130. The van der Waals surface area contributed by atoms with Crippen LogP contribution in [0.5, 0.6) is 0 Å². The Balaban J connectivity index is 2.15. The van der Waals surface area contributed by atoms with Gasteiger partial charge in [0.25, 0.3) is 6.01 Å². The van der Waals surface area contributed by atoms with Crippen LogP contribution >= 0.6 is 0 Å². The lowest BCUT2D eigenvalue weighted by Crippen LogP contribution is -2.38. The van der Waals surface area contributed by atoms with Crippen LogP contribution in [0.2, 0.25) is 0 Å². The molecule has 1 heterocycles. The molecule has 6 heteroatoms. The van der Waals surface area contributed by atoms with Gasteiger partial charge in [0.15, 0.2) is 5.58 Å². The van der Waals surface area contributed by atoms with E-state index in [1.54, 1.807) is 37.1 Å². The number of rotatable bonds is 4. The Kier molecular flexibility index (Phi) is 3.59. The number of oxazole rings is 1. The van der Waals surface area contributed by atoms with E-state index in [1.165, 1.54) is 0 Å². The molecule has 0 saturated carbocycles. The maximum absolute atomic E-state index is 11.9. The molecule has 1 unspecified atom stereocenters. The van der Waals surface area contributed by atoms with Crippen molar-refractivity contribution in [1.29, 1.82) is 0 Å². The molecule has 0 fully saturated rings. The second-order valence-corrected chi connectivity index (χ2v) is 4.46. The summed E-state index contributed by atoms with van der Waals surface area (Å²) < 4.78 is 5.51. The molecule has 0 aliphatic rings. The van der Waals surface area contributed by atoms with Crippen molar-refractivity contribution in [2.75, 3.05) is 24.6 Å². The molecule has 0 aliphatic carbocycles. The molecule has 102 valence electrons. The van der Waals surface area contributed by atoms with Gasteiger partial charge in [0.05, 0.1) is 0 Å². The minimum atomic E-state index is -0.393. The highest BCUT2D eigenvalue weighted by atomic mass is 16.4. The van der Waals surface area contributed by atoms with Gasteiger partial charge in [-0.3, -0.25) is 4.79 Å². The molecule has 0 saturated heterocycles. The van der Waals surface area contributed by atoms with Crippen LogP contribution in [-0.2, 0) is 4.79 Å². The van der Waals surface area contributed by atoms with Gasteiger partial charge in [-0.25, -0.2) is 0 Å². The minimum absolute atomic E-state index is 0.00994. The Hall–Kier alpha value is -2.24. The number of carbonyl (C=O) groups is 1. The number of hydrogen-bond acceptors (Lipinski definition) is 5. The number of carbonyl (C=O) groups excluding carboxylic acids is 1. The van der Waals surface area contributed by atoms with E-state index in [1.807, 2.05) is 6.92 Å². The van der Waals surface area contributed by atoms with E-state index in [4.69, 9.17) is 10.2 Å². The summed E-state index contributed by atoms with van der Waals surface area (Å²) in [6, 6.07) is 5.17. The molecular formula is C13H18N4O2. The lowest BCUT2D eigenvalue weighted by Gasteiger charge is -2.19. The van der Waals surface area contributed by atoms with E-state index in [-0.39, 0.29) is 5.91 Å². The molecule has 1 amide bonds. The van der Waals surface area contributed by atoms with Crippen molar-refractivity contribution in [3.8, 4) is 0 Å². The summed E-state index contributed by atoms with van der Waals surface area (Å²) in [6.45, 7) is 4.36. The van der Waals surface area contributed by atoms with Gasteiger partial charge in [0, 0.05) is 19.3 Å². The fourth-order valence-corrected chi connectivity index (χ4v) is 1.74. The van der Waals surface area contributed by atoms with Crippen LogP contribution in [0.15, 0.2) is 22.6 Å². The third-order valence-electron chi connectivity index (χ3n) is 2.97. The minimum Gasteiger partial charge on any atom is -0.424 e. The van der Waals surface area contributed by atoms with E-state index >= 15 is 0 Å². The second kappa shape index (κ2) is 5.17. The summed E-state index contributed by atoms with van der Waals surface area (Å²) in [4.78, 5) is 17.8. The quantitative estimate of drug-likeness (QED) is 0.819. The first kappa shape index (κ1) is 13.2. The zero-order valence-corrected chi connectivity index (χ0v) is 11.3. The summed E-state index contributed by atoms with van der Waals surface area (Å²) in [5, 5.41) is 2.96. The normalized spacial score (nSPS) is 12.4. The first-order valence-corrected chi connectivity index (χ1v) is 6.19. The van der Waals surface area contributed by atoms with Crippen molar-refractivity contribution < 1.29 is 9.21 Å². The van der Waals surface area contributed by atoms with Gasteiger partial charge in [-0.15, -0.1) is 0 Å². The molecule has 1 atom stereocenters. The number of benzene rings is 1. The number of nitrogens with one attached hydrogen (secondary N) is 1. The number of nitrogens with zero attached hydrogens (tertiary/aromatic N) is 2.